The van der Waals surface area contributed by atoms with Crippen molar-refractivity contribution >= 4 is 27.3 Å². The van der Waals surface area contributed by atoms with E-state index in [1.165, 1.54) is 11.3 Å². The fraction of sp³-hybridized carbons (Fsp3) is 0.100. The fourth-order valence-corrected chi connectivity index (χ4v) is 1.91. The minimum absolute atomic E-state index is 0.588. The van der Waals surface area contributed by atoms with Crippen molar-refractivity contribution in [3.05, 3.63) is 33.6 Å². The van der Waals surface area contributed by atoms with E-state index in [9.17, 15) is 0 Å². The summed E-state index contributed by atoms with van der Waals surface area (Å²) in [5, 5.41) is 0. The molecular weight excluding hydrogens is 278 g/mol. The van der Waals surface area contributed by atoms with Gasteiger partial charge < -0.3 is 9.47 Å². The highest BCUT2D eigenvalue weighted by Gasteiger charge is 2.05. The second-order valence-corrected chi connectivity index (χ2v) is 4.88. The molecule has 78 valence electrons. The molecule has 0 spiro atoms. The molecule has 1 aromatic heterocycles. The lowest BCUT2D eigenvalue weighted by Crippen LogP contribution is -1.86. The van der Waals surface area contributed by atoms with E-state index in [1.807, 2.05) is 24.3 Å². The number of ether oxygens (including phenoxy) is 2. The summed E-state index contributed by atoms with van der Waals surface area (Å²) in [6.07, 6.45) is 0. The maximum atomic E-state index is 5.55. The summed E-state index contributed by atoms with van der Waals surface area (Å²) in [4.78, 5) is 4.07. The van der Waals surface area contributed by atoms with Gasteiger partial charge in [-0.1, -0.05) is 0 Å². The molecule has 0 aliphatic carbocycles. The Morgan fingerprint density at radius 3 is 2.40 bits per heavy atom. The third-order valence-corrected chi connectivity index (χ3v) is 3.26. The first-order chi connectivity index (χ1) is 7.29. The van der Waals surface area contributed by atoms with Crippen LogP contribution in [0.4, 0.5) is 0 Å². The third-order valence-electron chi connectivity index (χ3n) is 1.77. The van der Waals surface area contributed by atoms with Crippen LogP contribution in [0.5, 0.6) is 17.4 Å². The molecule has 1 heterocycles. The van der Waals surface area contributed by atoms with Crippen molar-refractivity contribution in [2.24, 2.45) is 0 Å². The van der Waals surface area contributed by atoms with Crippen LogP contribution in [-0.4, -0.2) is 12.1 Å². The Bertz CT molecular complexity index is 441. The Balaban J connectivity index is 2.14. The second kappa shape index (κ2) is 4.63. The molecule has 0 radical (unpaired) electrons. The van der Waals surface area contributed by atoms with Crippen molar-refractivity contribution in [3.8, 4) is 17.4 Å². The summed E-state index contributed by atoms with van der Waals surface area (Å²) in [5.41, 5.74) is 1.73. The Hall–Kier alpha value is -1.07. The van der Waals surface area contributed by atoms with Crippen LogP contribution in [0, 0.1) is 0 Å². The van der Waals surface area contributed by atoms with Crippen molar-refractivity contribution in [2.75, 3.05) is 7.11 Å². The fourth-order valence-electron chi connectivity index (χ4n) is 1.04. The number of rotatable bonds is 3. The van der Waals surface area contributed by atoms with Gasteiger partial charge in [-0.05, 0) is 40.2 Å². The molecular formula is C10H8BrNO2S. The lowest BCUT2D eigenvalue weighted by Gasteiger charge is -2.03. The van der Waals surface area contributed by atoms with Gasteiger partial charge in [-0.15, -0.1) is 11.3 Å². The summed E-state index contributed by atoms with van der Waals surface area (Å²) in [6.45, 7) is 0. The number of aromatic nitrogens is 1. The molecule has 15 heavy (non-hydrogen) atoms. The summed E-state index contributed by atoms with van der Waals surface area (Å²) in [7, 11) is 1.63. The minimum atomic E-state index is 0.588. The van der Waals surface area contributed by atoms with Crippen LogP contribution in [0.15, 0.2) is 33.6 Å². The van der Waals surface area contributed by atoms with Crippen molar-refractivity contribution < 1.29 is 9.47 Å². The average molecular weight is 286 g/mol. The zero-order valence-corrected chi connectivity index (χ0v) is 10.3. The normalized spacial score (nSPS) is 10.0. The van der Waals surface area contributed by atoms with E-state index in [2.05, 4.69) is 20.9 Å². The van der Waals surface area contributed by atoms with E-state index >= 15 is 0 Å². The molecule has 2 aromatic rings. The Morgan fingerprint density at radius 1 is 1.20 bits per heavy atom. The van der Waals surface area contributed by atoms with E-state index in [4.69, 9.17) is 9.47 Å². The molecule has 0 amide bonds. The number of halogens is 1. The maximum Gasteiger partial charge on any atom is 0.244 e. The lowest BCUT2D eigenvalue weighted by atomic mass is 10.3. The molecule has 0 atom stereocenters. The quantitative estimate of drug-likeness (QED) is 0.862. The highest BCUT2D eigenvalue weighted by Crippen LogP contribution is 2.31. The monoisotopic (exact) mass is 285 g/mol. The molecule has 1 aromatic carbocycles. The molecule has 0 saturated carbocycles. The SMILES string of the molecule is COc1ccc(Oc2ncsc2Br)cc1. The van der Waals surface area contributed by atoms with Crippen molar-refractivity contribution in [2.45, 2.75) is 0 Å². The topological polar surface area (TPSA) is 31.4 Å². The molecule has 0 saturated heterocycles. The highest BCUT2D eigenvalue weighted by molar-refractivity contribution is 9.11. The van der Waals surface area contributed by atoms with Gasteiger partial charge in [-0.3, -0.25) is 0 Å². The number of nitrogens with zero attached hydrogens (tertiary/aromatic N) is 1. The minimum Gasteiger partial charge on any atom is -0.497 e. The maximum absolute atomic E-state index is 5.55. The third kappa shape index (κ3) is 2.49. The Kier molecular flexibility index (Phi) is 3.23. The lowest BCUT2D eigenvalue weighted by molar-refractivity contribution is 0.412. The first-order valence-electron chi connectivity index (χ1n) is 4.20. The smallest absolute Gasteiger partial charge is 0.244 e. The summed E-state index contributed by atoms with van der Waals surface area (Å²) < 4.78 is 11.5. The predicted octanol–water partition coefficient (Wildman–Crippen LogP) is 3.71. The van der Waals surface area contributed by atoms with Gasteiger partial charge in [0.05, 0.1) is 12.6 Å². The van der Waals surface area contributed by atoms with Crippen LogP contribution in [-0.2, 0) is 0 Å². The summed E-state index contributed by atoms with van der Waals surface area (Å²) in [5.74, 6) is 2.13. The van der Waals surface area contributed by atoms with Gasteiger partial charge in [-0.25, -0.2) is 4.98 Å². The average Bonchev–Trinajstić information content (AvgIpc) is 2.66. The van der Waals surface area contributed by atoms with Gasteiger partial charge in [0.2, 0.25) is 5.88 Å². The molecule has 0 aliphatic heterocycles. The van der Waals surface area contributed by atoms with E-state index in [1.54, 1.807) is 12.6 Å². The van der Waals surface area contributed by atoms with Crippen molar-refractivity contribution in [1.29, 1.82) is 0 Å². The zero-order chi connectivity index (χ0) is 10.7. The molecule has 5 heteroatoms. The first-order valence-corrected chi connectivity index (χ1v) is 5.88. The van der Waals surface area contributed by atoms with Crippen molar-refractivity contribution in [3.63, 3.8) is 0 Å². The van der Waals surface area contributed by atoms with Crippen molar-refractivity contribution in [1.82, 2.24) is 4.98 Å². The standard InChI is InChI=1S/C10H8BrNO2S/c1-13-7-2-4-8(5-3-7)14-10-9(11)15-6-12-10/h2-6H,1H3. The second-order valence-electron chi connectivity index (χ2n) is 2.71. The number of benzene rings is 1. The number of hydrogen-bond acceptors (Lipinski definition) is 4. The molecule has 0 fully saturated rings. The van der Waals surface area contributed by atoms with Gasteiger partial charge >= 0.3 is 0 Å². The van der Waals surface area contributed by atoms with Gasteiger partial charge in [0.15, 0.2) is 0 Å². The number of methoxy groups -OCH3 is 1. The van der Waals surface area contributed by atoms with Gasteiger partial charge in [0.1, 0.15) is 15.3 Å². The predicted molar refractivity (Wildman–Crippen MR) is 62.9 cm³/mol. The molecule has 3 nitrogen and oxygen atoms in total. The molecule has 0 N–H and O–H groups in total. The number of hydrogen-bond donors (Lipinski definition) is 0. The summed E-state index contributed by atoms with van der Waals surface area (Å²) >= 11 is 4.85. The van der Waals surface area contributed by atoms with E-state index in [-0.39, 0.29) is 0 Å². The van der Waals surface area contributed by atoms with E-state index in [0.29, 0.717) is 5.88 Å². The largest absolute Gasteiger partial charge is 0.497 e. The molecule has 2 rings (SSSR count). The number of thiazole rings is 1. The van der Waals surface area contributed by atoms with Gasteiger partial charge in [0, 0.05) is 0 Å². The van der Waals surface area contributed by atoms with Gasteiger partial charge in [-0.2, -0.15) is 0 Å². The zero-order valence-electron chi connectivity index (χ0n) is 7.94. The van der Waals surface area contributed by atoms with Crippen LogP contribution >= 0.6 is 27.3 Å². The Morgan fingerprint density at radius 2 is 1.87 bits per heavy atom. The van der Waals surface area contributed by atoms with Crippen LogP contribution in [0.1, 0.15) is 0 Å². The first kappa shape index (κ1) is 10.4. The van der Waals surface area contributed by atoms with Crippen LogP contribution in [0.2, 0.25) is 0 Å². The Labute approximate surface area is 99.8 Å². The molecule has 0 aliphatic rings. The van der Waals surface area contributed by atoms with Crippen LogP contribution in [0.3, 0.4) is 0 Å². The van der Waals surface area contributed by atoms with Gasteiger partial charge in [0.25, 0.3) is 0 Å². The van der Waals surface area contributed by atoms with E-state index < -0.39 is 0 Å². The van der Waals surface area contributed by atoms with Crippen LogP contribution < -0.4 is 9.47 Å². The molecule has 0 unspecified atom stereocenters. The van der Waals surface area contributed by atoms with E-state index in [0.717, 1.165) is 15.3 Å². The summed E-state index contributed by atoms with van der Waals surface area (Å²) in [6, 6.07) is 7.36. The molecule has 0 bridgehead atoms. The van der Waals surface area contributed by atoms with Crippen LogP contribution in [0.25, 0.3) is 0 Å². The highest BCUT2D eigenvalue weighted by atomic mass is 79.9.